The van der Waals surface area contributed by atoms with Crippen molar-refractivity contribution >= 4 is 17.8 Å². The van der Waals surface area contributed by atoms with Crippen LogP contribution in [0, 0.1) is 5.92 Å². The fraction of sp³-hybridized carbons (Fsp3) is 0.688. The molecule has 7 heteroatoms. The largest absolute Gasteiger partial charge is 0.464 e. The number of aliphatic hydroxyl groups excluding tert-OH is 1. The first-order valence-electron chi connectivity index (χ1n) is 7.55. The first-order chi connectivity index (χ1) is 10.6. The highest BCUT2D eigenvalue weighted by Crippen LogP contribution is 2.15. The lowest BCUT2D eigenvalue weighted by Crippen LogP contribution is -2.47. The number of carbonyl (C=O) groups excluding carboxylic acids is 3. The van der Waals surface area contributed by atoms with Gasteiger partial charge in [-0.3, -0.25) is 9.59 Å². The molecule has 2 unspecified atom stereocenters. The average molecular weight is 329 g/mol. The molecule has 0 aromatic rings. The molecule has 0 bridgehead atoms. The lowest BCUT2D eigenvalue weighted by atomic mass is 9.99. The van der Waals surface area contributed by atoms with Gasteiger partial charge in [-0.25, -0.2) is 4.79 Å². The topological polar surface area (TPSA) is 102 Å². The van der Waals surface area contributed by atoms with Gasteiger partial charge in [-0.2, -0.15) is 0 Å². The van der Waals surface area contributed by atoms with E-state index in [0.29, 0.717) is 0 Å². The summed E-state index contributed by atoms with van der Waals surface area (Å²) in [6, 6.07) is -1.16. The zero-order valence-electron chi connectivity index (χ0n) is 14.3. The second-order valence-corrected chi connectivity index (χ2v) is 6.01. The monoisotopic (exact) mass is 329 g/mol. The lowest BCUT2D eigenvalue weighted by molar-refractivity contribution is -0.157. The molecule has 1 amide bonds. The molecule has 0 heterocycles. The summed E-state index contributed by atoms with van der Waals surface area (Å²) in [5, 5.41) is 11.6. The van der Waals surface area contributed by atoms with Gasteiger partial charge in [0.05, 0.1) is 25.6 Å². The van der Waals surface area contributed by atoms with Gasteiger partial charge < -0.3 is 19.9 Å². The van der Waals surface area contributed by atoms with Crippen LogP contribution in [0.3, 0.4) is 0 Å². The van der Waals surface area contributed by atoms with Gasteiger partial charge in [-0.05, 0) is 34.1 Å². The van der Waals surface area contributed by atoms with Crippen LogP contribution < -0.4 is 5.32 Å². The summed E-state index contributed by atoms with van der Waals surface area (Å²) < 4.78 is 9.94. The quantitative estimate of drug-likeness (QED) is 0.482. The normalized spacial score (nSPS) is 13.6. The van der Waals surface area contributed by atoms with Crippen LogP contribution in [0.5, 0.6) is 0 Å². The van der Waals surface area contributed by atoms with E-state index < -0.39 is 42.0 Å². The minimum Gasteiger partial charge on any atom is -0.464 e. The second-order valence-electron chi connectivity index (χ2n) is 6.01. The van der Waals surface area contributed by atoms with Gasteiger partial charge in [0.1, 0.15) is 5.60 Å². The lowest BCUT2D eigenvalue weighted by Gasteiger charge is -2.22. The number of aliphatic hydroxyl groups is 1. The SMILES string of the molecule is C=CCC(CC(=O)OC(C)(C)C)C(=O)NC(CO)C(=O)OCC. The standard InChI is InChI=1S/C16H27NO6/c1-6-8-11(9-13(19)23-16(3,4)5)14(20)17-12(10-18)15(21)22-7-2/h6,11-12,18H,1,7-10H2,2-5H3,(H,17,20). The predicted molar refractivity (Wildman–Crippen MR) is 84.4 cm³/mol. The Labute approximate surface area is 137 Å². The maximum atomic E-state index is 12.2. The molecule has 2 N–H and O–H groups in total. The first-order valence-corrected chi connectivity index (χ1v) is 7.55. The van der Waals surface area contributed by atoms with Crippen molar-refractivity contribution < 1.29 is 29.0 Å². The van der Waals surface area contributed by atoms with Crippen molar-refractivity contribution in [3.05, 3.63) is 12.7 Å². The highest BCUT2D eigenvalue weighted by molar-refractivity contribution is 5.88. The van der Waals surface area contributed by atoms with Crippen LogP contribution in [0.2, 0.25) is 0 Å². The minimum absolute atomic E-state index is 0.138. The maximum absolute atomic E-state index is 12.2. The predicted octanol–water partition coefficient (Wildman–Crippen LogP) is 0.951. The Hall–Kier alpha value is -1.89. The average Bonchev–Trinajstić information content (AvgIpc) is 2.42. The van der Waals surface area contributed by atoms with E-state index in [1.54, 1.807) is 27.7 Å². The molecule has 0 radical (unpaired) electrons. The van der Waals surface area contributed by atoms with Crippen molar-refractivity contribution in [2.75, 3.05) is 13.2 Å². The molecule has 0 aliphatic heterocycles. The van der Waals surface area contributed by atoms with Gasteiger partial charge in [0, 0.05) is 0 Å². The Morgan fingerprint density at radius 1 is 1.30 bits per heavy atom. The number of esters is 2. The zero-order chi connectivity index (χ0) is 18.0. The third-order valence-electron chi connectivity index (χ3n) is 2.73. The molecule has 0 aliphatic rings. The Morgan fingerprint density at radius 2 is 1.91 bits per heavy atom. The smallest absolute Gasteiger partial charge is 0.331 e. The van der Waals surface area contributed by atoms with Crippen LogP contribution >= 0.6 is 0 Å². The van der Waals surface area contributed by atoms with Crippen LogP contribution in [0.4, 0.5) is 0 Å². The van der Waals surface area contributed by atoms with E-state index >= 15 is 0 Å². The van der Waals surface area contributed by atoms with E-state index in [4.69, 9.17) is 9.47 Å². The van der Waals surface area contributed by atoms with Gasteiger partial charge in [-0.15, -0.1) is 6.58 Å². The fourth-order valence-electron chi connectivity index (χ4n) is 1.78. The van der Waals surface area contributed by atoms with Crippen LogP contribution in [0.1, 0.15) is 40.5 Å². The number of amides is 1. The van der Waals surface area contributed by atoms with Gasteiger partial charge in [-0.1, -0.05) is 6.08 Å². The van der Waals surface area contributed by atoms with Gasteiger partial charge >= 0.3 is 11.9 Å². The Kier molecular flexibility index (Phi) is 9.17. The Morgan fingerprint density at radius 3 is 2.35 bits per heavy atom. The summed E-state index contributed by atoms with van der Waals surface area (Å²) in [4.78, 5) is 35.7. The second kappa shape index (κ2) is 9.99. The summed E-state index contributed by atoms with van der Waals surface area (Å²) in [6.45, 7) is 9.93. The van der Waals surface area contributed by atoms with E-state index in [1.165, 1.54) is 6.08 Å². The molecular formula is C16H27NO6. The molecule has 0 rings (SSSR count). The highest BCUT2D eigenvalue weighted by atomic mass is 16.6. The van der Waals surface area contributed by atoms with Crippen LogP contribution in [0.15, 0.2) is 12.7 Å². The fourth-order valence-corrected chi connectivity index (χ4v) is 1.78. The van der Waals surface area contributed by atoms with E-state index in [1.807, 2.05) is 0 Å². The number of ether oxygens (including phenoxy) is 2. The Bertz CT molecular complexity index is 427. The number of carbonyl (C=O) groups is 3. The molecule has 0 aromatic carbocycles. The number of rotatable bonds is 9. The molecule has 0 saturated heterocycles. The first kappa shape index (κ1) is 21.1. The molecule has 132 valence electrons. The molecule has 7 nitrogen and oxygen atoms in total. The summed E-state index contributed by atoms with van der Waals surface area (Å²) in [5.41, 5.74) is -0.648. The van der Waals surface area contributed by atoms with Crippen molar-refractivity contribution in [1.29, 1.82) is 0 Å². The summed E-state index contributed by atoms with van der Waals surface area (Å²) >= 11 is 0. The van der Waals surface area contributed by atoms with Crippen molar-refractivity contribution in [2.45, 2.75) is 52.2 Å². The maximum Gasteiger partial charge on any atom is 0.331 e. The zero-order valence-corrected chi connectivity index (χ0v) is 14.3. The van der Waals surface area contributed by atoms with Crippen molar-refractivity contribution in [1.82, 2.24) is 5.32 Å². The van der Waals surface area contributed by atoms with Gasteiger partial charge in [0.15, 0.2) is 6.04 Å². The molecular weight excluding hydrogens is 302 g/mol. The third kappa shape index (κ3) is 8.97. The number of nitrogens with one attached hydrogen (secondary N) is 1. The van der Waals surface area contributed by atoms with E-state index in [0.717, 1.165) is 0 Å². The van der Waals surface area contributed by atoms with E-state index in [-0.39, 0.29) is 19.4 Å². The molecule has 0 aromatic heterocycles. The number of allylic oxidation sites excluding steroid dienone is 1. The molecule has 23 heavy (non-hydrogen) atoms. The van der Waals surface area contributed by atoms with E-state index in [2.05, 4.69) is 11.9 Å². The van der Waals surface area contributed by atoms with Gasteiger partial charge in [0.25, 0.3) is 0 Å². The van der Waals surface area contributed by atoms with Crippen LogP contribution in [0.25, 0.3) is 0 Å². The van der Waals surface area contributed by atoms with Crippen LogP contribution in [-0.2, 0) is 23.9 Å². The van der Waals surface area contributed by atoms with Crippen LogP contribution in [-0.4, -0.2) is 47.8 Å². The summed E-state index contributed by atoms with van der Waals surface area (Å²) in [6.07, 6.45) is 1.61. The van der Waals surface area contributed by atoms with Crippen molar-refractivity contribution in [3.8, 4) is 0 Å². The molecule has 2 atom stereocenters. The number of hydrogen-bond donors (Lipinski definition) is 2. The number of hydrogen-bond acceptors (Lipinski definition) is 6. The van der Waals surface area contributed by atoms with Crippen molar-refractivity contribution in [3.63, 3.8) is 0 Å². The van der Waals surface area contributed by atoms with Crippen molar-refractivity contribution in [2.24, 2.45) is 5.92 Å². The van der Waals surface area contributed by atoms with Gasteiger partial charge in [0.2, 0.25) is 5.91 Å². The summed E-state index contributed by atoms with van der Waals surface area (Å²) in [5.74, 6) is -2.51. The molecule has 0 spiro atoms. The summed E-state index contributed by atoms with van der Waals surface area (Å²) in [7, 11) is 0. The highest BCUT2D eigenvalue weighted by Gasteiger charge is 2.28. The third-order valence-corrected chi connectivity index (χ3v) is 2.73. The van der Waals surface area contributed by atoms with E-state index in [9.17, 15) is 19.5 Å². The molecule has 0 saturated carbocycles. The molecule has 0 fully saturated rings. The minimum atomic E-state index is -1.16. The Balaban J connectivity index is 4.80. The molecule has 0 aliphatic carbocycles.